The Bertz CT molecular complexity index is 869. The van der Waals surface area contributed by atoms with Crippen molar-refractivity contribution in [2.24, 2.45) is 12.0 Å². The average Bonchev–Trinajstić information content (AvgIpc) is 3.25. The summed E-state index contributed by atoms with van der Waals surface area (Å²) in [6.45, 7) is 1.30. The van der Waals surface area contributed by atoms with Crippen molar-refractivity contribution in [3.8, 4) is 22.5 Å². The Morgan fingerprint density at radius 1 is 0.958 bits per heavy atom. The Hall–Kier alpha value is -3.08. The molecule has 4 rings (SSSR count). The maximum atomic E-state index is 5.55. The first-order chi connectivity index (χ1) is 11.8. The van der Waals surface area contributed by atoms with E-state index in [-0.39, 0.29) is 0 Å². The first-order valence-corrected chi connectivity index (χ1v) is 7.95. The summed E-state index contributed by atoms with van der Waals surface area (Å²) in [6, 6.07) is 20.9. The van der Waals surface area contributed by atoms with Gasteiger partial charge in [-0.1, -0.05) is 60.7 Å². The van der Waals surface area contributed by atoms with E-state index in [1.54, 1.807) is 0 Å². The molecule has 1 aliphatic heterocycles. The molecule has 5 nitrogen and oxygen atoms in total. The number of amidine groups is 1. The van der Waals surface area contributed by atoms with E-state index in [0.29, 0.717) is 19.2 Å². The van der Waals surface area contributed by atoms with Crippen molar-refractivity contribution in [2.45, 2.75) is 0 Å². The summed E-state index contributed by atoms with van der Waals surface area (Å²) in [5, 5.41) is 8.08. The van der Waals surface area contributed by atoms with E-state index in [1.807, 2.05) is 48.1 Å². The fraction of sp³-hybridized carbons (Fsp3) is 0.158. The summed E-state index contributed by atoms with van der Waals surface area (Å²) in [7, 11) is 1.96. The lowest BCUT2D eigenvalue weighted by molar-refractivity contribution is 0.346. The zero-order valence-corrected chi connectivity index (χ0v) is 13.4. The number of hydrogen-bond donors (Lipinski definition) is 1. The summed E-state index contributed by atoms with van der Waals surface area (Å²) in [6.07, 6.45) is 0. The first kappa shape index (κ1) is 14.5. The molecule has 0 amide bonds. The van der Waals surface area contributed by atoms with Crippen molar-refractivity contribution in [3.63, 3.8) is 0 Å². The van der Waals surface area contributed by atoms with Crippen LogP contribution in [0, 0.1) is 0 Å². The summed E-state index contributed by atoms with van der Waals surface area (Å²) in [5.74, 6) is 0. The van der Waals surface area contributed by atoms with Crippen LogP contribution in [0.3, 0.4) is 0 Å². The molecule has 120 valence electrons. The van der Waals surface area contributed by atoms with Gasteiger partial charge in [0, 0.05) is 18.2 Å². The van der Waals surface area contributed by atoms with E-state index >= 15 is 0 Å². The minimum Gasteiger partial charge on any atom is -0.463 e. The monoisotopic (exact) mass is 318 g/mol. The summed E-state index contributed by atoms with van der Waals surface area (Å²) < 4.78 is 7.45. The van der Waals surface area contributed by atoms with Gasteiger partial charge < -0.3 is 10.1 Å². The number of nitrogens with zero attached hydrogens (tertiary/aromatic N) is 3. The van der Waals surface area contributed by atoms with Crippen molar-refractivity contribution >= 4 is 11.7 Å². The zero-order chi connectivity index (χ0) is 16.4. The molecule has 0 spiro atoms. The number of hydrogen-bond acceptors (Lipinski definition) is 4. The molecule has 0 radical (unpaired) electrons. The van der Waals surface area contributed by atoms with Crippen molar-refractivity contribution in [1.82, 2.24) is 9.78 Å². The molecule has 0 saturated carbocycles. The highest BCUT2D eigenvalue weighted by molar-refractivity contribution is 5.99. The molecule has 0 unspecified atom stereocenters. The van der Waals surface area contributed by atoms with Crippen LogP contribution in [-0.2, 0) is 11.8 Å². The Balaban J connectivity index is 1.88. The van der Waals surface area contributed by atoms with Gasteiger partial charge in [-0.25, -0.2) is 4.99 Å². The number of ether oxygens (including phenoxy) is 1. The quantitative estimate of drug-likeness (QED) is 0.803. The predicted octanol–water partition coefficient (Wildman–Crippen LogP) is 3.55. The van der Waals surface area contributed by atoms with E-state index in [9.17, 15) is 0 Å². The van der Waals surface area contributed by atoms with Gasteiger partial charge in [0.25, 0.3) is 6.02 Å². The van der Waals surface area contributed by atoms with Crippen LogP contribution in [0.25, 0.3) is 22.5 Å². The van der Waals surface area contributed by atoms with Gasteiger partial charge in [-0.2, -0.15) is 5.10 Å². The maximum absolute atomic E-state index is 5.55. The Labute approximate surface area is 140 Å². The molecule has 24 heavy (non-hydrogen) atoms. The molecule has 2 heterocycles. The topological polar surface area (TPSA) is 51.4 Å². The van der Waals surface area contributed by atoms with Gasteiger partial charge in [-0.05, 0) is 0 Å². The highest BCUT2D eigenvalue weighted by atomic mass is 16.5. The third-order valence-corrected chi connectivity index (χ3v) is 3.96. The number of aliphatic imine (C=N–C) groups is 1. The number of benzene rings is 2. The highest BCUT2D eigenvalue weighted by Gasteiger charge is 2.21. The normalized spacial score (nSPS) is 13.5. The largest absolute Gasteiger partial charge is 0.463 e. The van der Waals surface area contributed by atoms with E-state index in [1.165, 1.54) is 0 Å². The Morgan fingerprint density at radius 2 is 1.62 bits per heavy atom. The molecule has 1 aliphatic rings. The van der Waals surface area contributed by atoms with Gasteiger partial charge >= 0.3 is 0 Å². The summed E-state index contributed by atoms with van der Waals surface area (Å²) in [5.41, 5.74) is 4.95. The summed E-state index contributed by atoms with van der Waals surface area (Å²) >= 11 is 0. The van der Waals surface area contributed by atoms with Crippen molar-refractivity contribution in [3.05, 3.63) is 60.7 Å². The lowest BCUT2D eigenvalue weighted by atomic mass is 10.1. The molecule has 5 heteroatoms. The van der Waals surface area contributed by atoms with Crippen molar-refractivity contribution < 1.29 is 4.74 Å². The van der Waals surface area contributed by atoms with Gasteiger partial charge in [-0.15, -0.1) is 0 Å². The summed E-state index contributed by atoms with van der Waals surface area (Å²) in [4.78, 5) is 4.36. The third kappa shape index (κ3) is 2.65. The molecule has 2 aromatic carbocycles. The lowest BCUT2D eigenvalue weighted by Crippen LogP contribution is -2.13. The van der Waals surface area contributed by atoms with Crippen molar-refractivity contribution in [2.75, 3.05) is 18.5 Å². The molecule has 0 bridgehead atoms. The Morgan fingerprint density at radius 3 is 2.25 bits per heavy atom. The molecular weight excluding hydrogens is 300 g/mol. The van der Waals surface area contributed by atoms with Gasteiger partial charge in [0.1, 0.15) is 12.3 Å². The molecule has 0 atom stereocenters. The molecule has 1 aromatic heterocycles. The lowest BCUT2D eigenvalue weighted by Gasteiger charge is -2.10. The zero-order valence-electron chi connectivity index (χ0n) is 13.4. The fourth-order valence-corrected chi connectivity index (χ4v) is 2.89. The van der Waals surface area contributed by atoms with Crippen LogP contribution in [0.2, 0.25) is 0 Å². The van der Waals surface area contributed by atoms with Gasteiger partial charge in [-0.3, -0.25) is 4.68 Å². The van der Waals surface area contributed by atoms with Gasteiger partial charge in [0.05, 0.1) is 17.9 Å². The standard InChI is InChI=1S/C19H18N4O/c1-23-18(15-10-6-3-7-11-15)17(21-19-20-12-13-24-19)16(22-23)14-8-4-2-5-9-14/h2-11H,12-13H2,1H3,(H,20,21). The molecule has 1 N–H and O–H groups in total. The van der Waals surface area contributed by atoms with Crippen LogP contribution in [0.5, 0.6) is 0 Å². The smallest absolute Gasteiger partial charge is 0.289 e. The van der Waals surface area contributed by atoms with E-state index in [0.717, 1.165) is 28.2 Å². The maximum Gasteiger partial charge on any atom is 0.289 e. The Kier molecular flexibility index (Phi) is 3.75. The second-order valence-corrected chi connectivity index (χ2v) is 5.59. The van der Waals surface area contributed by atoms with Crippen LogP contribution in [0.15, 0.2) is 65.7 Å². The second kappa shape index (κ2) is 6.20. The number of aryl methyl sites for hydroxylation is 1. The van der Waals surface area contributed by atoms with Crippen LogP contribution in [0.4, 0.5) is 5.69 Å². The minimum atomic E-state index is 0.553. The fourth-order valence-electron chi connectivity index (χ4n) is 2.89. The van der Waals surface area contributed by atoms with Gasteiger partial charge in [0.2, 0.25) is 0 Å². The van der Waals surface area contributed by atoms with Crippen LogP contribution in [0.1, 0.15) is 0 Å². The van der Waals surface area contributed by atoms with E-state index in [4.69, 9.17) is 9.84 Å². The SMILES string of the molecule is Cn1nc(-c2ccccc2)c(NC2=NCCO2)c1-c1ccccc1. The van der Waals surface area contributed by atoms with Crippen LogP contribution in [-0.4, -0.2) is 29.0 Å². The van der Waals surface area contributed by atoms with Crippen LogP contribution >= 0.6 is 0 Å². The molecule has 3 aromatic rings. The second-order valence-electron chi connectivity index (χ2n) is 5.59. The predicted molar refractivity (Wildman–Crippen MR) is 96.0 cm³/mol. The average molecular weight is 318 g/mol. The number of aromatic nitrogens is 2. The highest BCUT2D eigenvalue weighted by Crippen LogP contribution is 2.36. The van der Waals surface area contributed by atoms with E-state index < -0.39 is 0 Å². The molecule has 0 saturated heterocycles. The number of rotatable bonds is 3. The molecular formula is C19H18N4O. The molecule has 0 aliphatic carbocycles. The van der Waals surface area contributed by atoms with Crippen LogP contribution < -0.4 is 5.32 Å². The van der Waals surface area contributed by atoms with Crippen molar-refractivity contribution in [1.29, 1.82) is 0 Å². The first-order valence-electron chi connectivity index (χ1n) is 7.95. The third-order valence-electron chi connectivity index (χ3n) is 3.96. The number of anilines is 1. The minimum absolute atomic E-state index is 0.553. The molecule has 0 fully saturated rings. The number of nitrogens with one attached hydrogen (secondary N) is 1. The van der Waals surface area contributed by atoms with Gasteiger partial charge in [0.15, 0.2) is 0 Å². The van der Waals surface area contributed by atoms with E-state index in [2.05, 4.69) is 34.6 Å².